The van der Waals surface area contributed by atoms with Crippen molar-refractivity contribution in [1.82, 2.24) is 9.80 Å². The molecule has 0 radical (unpaired) electrons. The Balaban J connectivity index is 1.53. The zero-order chi connectivity index (χ0) is 21.3. The number of rotatable bonds is 8. The molecular weight excluding hydrogens is 376 g/mol. The number of benzene rings is 2. The molecule has 1 aliphatic rings. The Labute approximate surface area is 179 Å². The van der Waals surface area contributed by atoms with Gasteiger partial charge in [-0.2, -0.15) is 0 Å². The van der Waals surface area contributed by atoms with Crippen molar-refractivity contribution in [3.63, 3.8) is 0 Å². The normalized spacial score (nSPS) is 14.7. The molecule has 1 heterocycles. The summed E-state index contributed by atoms with van der Waals surface area (Å²) in [6.07, 6.45) is 5.14. The molecule has 30 heavy (non-hydrogen) atoms. The third kappa shape index (κ3) is 5.74. The fourth-order valence-corrected chi connectivity index (χ4v) is 3.48. The Bertz CT molecular complexity index is 899. The van der Waals surface area contributed by atoms with Crippen molar-refractivity contribution in [3.05, 3.63) is 77.9 Å². The van der Waals surface area contributed by atoms with Gasteiger partial charge in [0, 0.05) is 38.8 Å². The van der Waals surface area contributed by atoms with E-state index in [0.29, 0.717) is 18.1 Å². The second-order valence-corrected chi connectivity index (χ2v) is 7.37. The van der Waals surface area contributed by atoms with Crippen LogP contribution < -0.4 is 9.47 Å². The van der Waals surface area contributed by atoms with Crippen molar-refractivity contribution in [2.24, 2.45) is 0 Å². The van der Waals surface area contributed by atoms with E-state index < -0.39 is 0 Å². The number of ether oxygens (including phenoxy) is 2. The fraction of sp³-hybridized carbons (Fsp3) is 0.320. The topological polar surface area (TPSA) is 42.0 Å². The summed E-state index contributed by atoms with van der Waals surface area (Å²) in [5, 5.41) is 0. The minimum Gasteiger partial charge on any atom is -0.493 e. The molecule has 0 aromatic heterocycles. The maximum atomic E-state index is 12.6. The maximum absolute atomic E-state index is 12.6. The average Bonchev–Trinajstić information content (AvgIpc) is 2.78. The summed E-state index contributed by atoms with van der Waals surface area (Å²) in [6, 6.07) is 14.1. The second kappa shape index (κ2) is 10.6. The third-order valence-electron chi connectivity index (χ3n) is 5.30. The predicted octanol–water partition coefficient (Wildman–Crippen LogP) is 3.93. The van der Waals surface area contributed by atoms with Crippen LogP contribution in [0.2, 0.25) is 0 Å². The summed E-state index contributed by atoms with van der Waals surface area (Å²) < 4.78 is 10.9. The fourth-order valence-electron chi connectivity index (χ4n) is 3.48. The molecule has 0 atom stereocenters. The molecule has 2 aromatic carbocycles. The highest BCUT2D eigenvalue weighted by molar-refractivity contribution is 5.92. The van der Waals surface area contributed by atoms with Gasteiger partial charge in [0.1, 0.15) is 6.61 Å². The molecule has 0 saturated carbocycles. The van der Waals surface area contributed by atoms with E-state index >= 15 is 0 Å². The lowest BCUT2D eigenvalue weighted by atomic mass is 10.1. The Kier molecular flexibility index (Phi) is 7.69. The van der Waals surface area contributed by atoms with E-state index in [1.165, 1.54) is 11.1 Å². The Morgan fingerprint density at radius 3 is 2.57 bits per heavy atom. The molecule has 5 heteroatoms. The van der Waals surface area contributed by atoms with Gasteiger partial charge in [-0.15, -0.1) is 0 Å². The highest BCUT2D eigenvalue weighted by Crippen LogP contribution is 2.28. The summed E-state index contributed by atoms with van der Waals surface area (Å²) in [6.45, 7) is 10.4. The van der Waals surface area contributed by atoms with E-state index in [9.17, 15) is 4.79 Å². The lowest BCUT2D eigenvalue weighted by molar-refractivity contribution is -0.127. The average molecular weight is 407 g/mol. The van der Waals surface area contributed by atoms with Crippen molar-refractivity contribution in [1.29, 1.82) is 0 Å². The standard InChI is InChI=1S/C25H30N2O3/c1-4-17-30-23-11-9-21(18-24(23)29-3)10-12-25(28)27-15-13-26(14-16-27)19-22-8-6-5-7-20(22)2/h4-12,18H,1,13-17,19H2,2-3H3/b12-10+. The van der Waals surface area contributed by atoms with E-state index in [0.717, 1.165) is 38.3 Å². The molecule has 0 N–H and O–H groups in total. The zero-order valence-corrected chi connectivity index (χ0v) is 17.8. The first kappa shape index (κ1) is 21.7. The van der Waals surface area contributed by atoms with E-state index in [2.05, 4.69) is 42.7 Å². The summed E-state index contributed by atoms with van der Waals surface area (Å²) in [4.78, 5) is 16.9. The number of methoxy groups -OCH3 is 1. The summed E-state index contributed by atoms with van der Waals surface area (Å²) >= 11 is 0. The van der Waals surface area contributed by atoms with Crippen LogP contribution in [-0.4, -0.2) is 55.6 Å². The van der Waals surface area contributed by atoms with E-state index in [1.807, 2.05) is 29.2 Å². The van der Waals surface area contributed by atoms with Crippen LogP contribution in [0.1, 0.15) is 16.7 Å². The van der Waals surface area contributed by atoms with Crippen LogP contribution in [0.5, 0.6) is 11.5 Å². The van der Waals surface area contributed by atoms with Gasteiger partial charge in [-0.3, -0.25) is 9.69 Å². The summed E-state index contributed by atoms with van der Waals surface area (Å²) in [5.41, 5.74) is 3.56. The van der Waals surface area contributed by atoms with Crippen molar-refractivity contribution in [3.8, 4) is 11.5 Å². The van der Waals surface area contributed by atoms with Crippen LogP contribution in [0.4, 0.5) is 0 Å². The smallest absolute Gasteiger partial charge is 0.246 e. The molecule has 5 nitrogen and oxygen atoms in total. The first-order valence-electron chi connectivity index (χ1n) is 10.3. The largest absolute Gasteiger partial charge is 0.493 e. The highest BCUT2D eigenvalue weighted by atomic mass is 16.5. The Morgan fingerprint density at radius 2 is 1.87 bits per heavy atom. The van der Waals surface area contributed by atoms with Crippen LogP contribution in [0.25, 0.3) is 6.08 Å². The third-order valence-corrected chi connectivity index (χ3v) is 5.30. The van der Waals surface area contributed by atoms with Gasteiger partial charge in [0.25, 0.3) is 0 Å². The molecule has 2 aromatic rings. The number of carbonyl (C=O) groups is 1. The number of piperazine rings is 1. The van der Waals surface area contributed by atoms with Gasteiger partial charge in [-0.05, 0) is 41.8 Å². The van der Waals surface area contributed by atoms with Gasteiger partial charge in [-0.1, -0.05) is 43.0 Å². The molecule has 1 amide bonds. The number of nitrogens with zero attached hydrogens (tertiary/aromatic N) is 2. The van der Waals surface area contributed by atoms with Gasteiger partial charge >= 0.3 is 0 Å². The number of aryl methyl sites for hydroxylation is 1. The minimum atomic E-state index is 0.0384. The molecule has 158 valence electrons. The monoisotopic (exact) mass is 406 g/mol. The van der Waals surface area contributed by atoms with Gasteiger partial charge in [0.05, 0.1) is 7.11 Å². The van der Waals surface area contributed by atoms with Crippen molar-refractivity contribution < 1.29 is 14.3 Å². The maximum Gasteiger partial charge on any atom is 0.246 e. The zero-order valence-electron chi connectivity index (χ0n) is 17.8. The molecule has 1 saturated heterocycles. The molecule has 0 bridgehead atoms. The quantitative estimate of drug-likeness (QED) is 0.492. The number of hydrogen-bond donors (Lipinski definition) is 0. The first-order valence-corrected chi connectivity index (χ1v) is 10.3. The highest BCUT2D eigenvalue weighted by Gasteiger charge is 2.20. The molecule has 1 fully saturated rings. The van der Waals surface area contributed by atoms with Crippen molar-refractivity contribution >= 4 is 12.0 Å². The minimum absolute atomic E-state index is 0.0384. The van der Waals surface area contributed by atoms with Gasteiger partial charge in [0.2, 0.25) is 5.91 Å². The van der Waals surface area contributed by atoms with Crippen molar-refractivity contribution in [2.45, 2.75) is 13.5 Å². The summed E-state index contributed by atoms with van der Waals surface area (Å²) in [7, 11) is 1.60. The number of hydrogen-bond acceptors (Lipinski definition) is 4. The van der Waals surface area contributed by atoms with E-state index in [4.69, 9.17) is 9.47 Å². The molecule has 0 spiro atoms. The lowest BCUT2D eigenvalue weighted by Crippen LogP contribution is -2.47. The predicted molar refractivity (Wildman–Crippen MR) is 121 cm³/mol. The summed E-state index contributed by atoms with van der Waals surface area (Å²) in [5.74, 6) is 1.33. The lowest BCUT2D eigenvalue weighted by Gasteiger charge is -2.34. The van der Waals surface area contributed by atoms with Crippen LogP contribution in [-0.2, 0) is 11.3 Å². The molecule has 1 aliphatic heterocycles. The SMILES string of the molecule is C=CCOc1ccc(/C=C/C(=O)N2CCN(Cc3ccccc3C)CC2)cc1OC. The van der Waals surface area contributed by atoms with E-state index in [1.54, 1.807) is 19.3 Å². The molecule has 0 aliphatic carbocycles. The van der Waals surface area contributed by atoms with Crippen LogP contribution in [0.3, 0.4) is 0 Å². The van der Waals surface area contributed by atoms with Gasteiger partial charge in [0.15, 0.2) is 11.5 Å². The van der Waals surface area contributed by atoms with Gasteiger partial charge in [-0.25, -0.2) is 0 Å². The number of carbonyl (C=O) groups excluding carboxylic acids is 1. The molecular formula is C25H30N2O3. The van der Waals surface area contributed by atoms with E-state index in [-0.39, 0.29) is 5.91 Å². The van der Waals surface area contributed by atoms with Gasteiger partial charge < -0.3 is 14.4 Å². The Hall–Kier alpha value is -3.05. The Morgan fingerprint density at radius 1 is 1.10 bits per heavy atom. The number of amides is 1. The molecule has 0 unspecified atom stereocenters. The van der Waals surface area contributed by atoms with Crippen molar-refractivity contribution in [2.75, 3.05) is 39.9 Å². The van der Waals surface area contributed by atoms with Crippen LogP contribution in [0, 0.1) is 6.92 Å². The second-order valence-electron chi connectivity index (χ2n) is 7.37. The van der Waals surface area contributed by atoms with Crippen LogP contribution >= 0.6 is 0 Å². The van der Waals surface area contributed by atoms with Crippen LogP contribution in [0.15, 0.2) is 61.2 Å². The molecule has 3 rings (SSSR count). The first-order chi connectivity index (χ1) is 14.6.